The molecule has 1 aliphatic heterocycles. The summed E-state index contributed by atoms with van der Waals surface area (Å²) in [4.78, 5) is 27.2. The summed E-state index contributed by atoms with van der Waals surface area (Å²) >= 11 is 12.3. The molecule has 0 radical (unpaired) electrons. The summed E-state index contributed by atoms with van der Waals surface area (Å²) in [6.45, 7) is 0. The number of fused-ring (bicyclic) bond motifs is 1. The third-order valence-corrected chi connectivity index (χ3v) is 5.68. The number of carbonyl (C=O) groups is 2. The Balaban J connectivity index is 2.18. The minimum atomic E-state index is -0.854. The molecular weight excluding hydrogens is 337 g/mol. The molecule has 1 aromatic rings. The number of methoxy groups -OCH3 is 1. The van der Waals surface area contributed by atoms with E-state index >= 15 is 0 Å². The number of rotatable bonds is 2. The van der Waals surface area contributed by atoms with Gasteiger partial charge < -0.3 is 9.64 Å². The Bertz CT molecular complexity index is 643. The minimum absolute atomic E-state index is 0.00352. The summed E-state index contributed by atoms with van der Waals surface area (Å²) in [5.41, 5.74) is -0.0690. The lowest BCUT2D eigenvalue weighted by molar-refractivity contribution is -0.160. The highest BCUT2D eigenvalue weighted by Gasteiger charge is 2.63. The molecule has 0 aromatic heterocycles. The monoisotopic (exact) mass is 355 g/mol. The number of benzene rings is 1. The number of halogens is 2. The van der Waals surface area contributed by atoms with Crippen molar-refractivity contribution in [3.8, 4) is 0 Å². The van der Waals surface area contributed by atoms with Gasteiger partial charge in [-0.3, -0.25) is 9.59 Å². The molecule has 1 saturated heterocycles. The Morgan fingerprint density at radius 3 is 2.52 bits per heavy atom. The standard InChI is InChI=1S/C17H19Cl2NO3/c1-20-14(10-7-11(18)9-12(19)8-10)17(16(22)23-2)6-4-3-5-13(17)15(20)21/h7-9,13-14H,3-6H2,1-2H3/t13-,14+,17+/m0/s1. The number of carbonyl (C=O) groups excluding carboxylic acids is 2. The minimum Gasteiger partial charge on any atom is -0.469 e. The van der Waals surface area contributed by atoms with Crippen LogP contribution in [-0.2, 0) is 14.3 Å². The number of hydrogen-bond acceptors (Lipinski definition) is 3. The molecule has 1 saturated carbocycles. The molecule has 3 atom stereocenters. The molecular formula is C17H19Cl2NO3. The molecule has 23 heavy (non-hydrogen) atoms. The molecule has 4 nitrogen and oxygen atoms in total. The summed E-state index contributed by atoms with van der Waals surface area (Å²) in [6, 6.07) is 4.81. The topological polar surface area (TPSA) is 46.6 Å². The second-order valence-corrected chi connectivity index (χ2v) is 7.26. The van der Waals surface area contributed by atoms with Crippen LogP contribution in [0.15, 0.2) is 18.2 Å². The fourth-order valence-electron chi connectivity index (χ4n) is 4.39. The van der Waals surface area contributed by atoms with Gasteiger partial charge in [0.2, 0.25) is 5.91 Å². The lowest BCUT2D eigenvalue weighted by atomic mass is 9.63. The fraction of sp³-hybridized carbons (Fsp3) is 0.529. The maximum absolute atomic E-state index is 12.8. The Kier molecular flexibility index (Phi) is 4.32. The van der Waals surface area contributed by atoms with E-state index in [2.05, 4.69) is 0 Å². The molecule has 1 heterocycles. The van der Waals surface area contributed by atoms with Crippen LogP contribution in [0, 0.1) is 11.3 Å². The van der Waals surface area contributed by atoms with Crippen molar-refractivity contribution in [2.24, 2.45) is 11.3 Å². The number of ether oxygens (including phenoxy) is 1. The van der Waals surface area contributed by atoms with Gasteiger partial charge in [0.1, 0.15) is 5.41 Å². The second kappa shape index (κ2) is 5.99. The van der Waals surface area contributed by atoms with Crippen molar-refractivity contribution in [3.05, 3.63) is 33.8 Å². The zero-order valence-electron chi connectivity index (χ0n) is 13.1. The van der Waals surface area contributed by atoms with Crippen LogP contribution in [0.25, 0.3) is 0 Å². The molecule has 0 unspecified atom stereocenters. The zero-order valence-corrected chi connectivity index (χ0v) is 14.7. The van der Waals surface area contributed by atoms with Gasteiger partial charge in [-0.2, -0.15) is 0 Å². The summed E-state index contributed by atoms with van der Waals surface area (Å²) in [7, 11) is 3.12. The van der Waals surface area contributed by atoms with Gasteiger partial charge in [-0.25, -0.2) is 0 Å². The summed E-state index contributed by atoms with van der Waals surface area (Å²) in [5.74, 6) is -0.659. The molecule has 6 heteroatoms. The van der Waals surface area contributed by atoms with Gasteiger partial charge >= 0.3 is 5.97 Å². The van der Waals surface area contributed by atoms with E-state index in [0.29, 0.717) is 22.9 Å². The first-order valence-corrected chi connectivity index (χ1v) is 8.48. The smallest absolute Gasteiger partial charge is 0.315 e. The number of esters is 1. The lowest BCUT2D eigenvalue weighted by Gasteiger charge is -2.39. The normalized spacial score (nSPS) is 30.3. The predicted octanol–water partition coefficient (Wildman–Crippen LogP) is 3.86. The van der Waals surface area contributed by atoms with Crippen LogP contribution in [-0.4, -0.2) is 30.9 Å². The maximum atomic E-state index is 12.8. The molecule has 0 bridgehead atoms. The van der Waals surface area contributed by atoms with Crippen molar-refractivity contribution >= 4 is 35.1 Å². The zero-order chi connectivity index (χ0) is 16.8. The van der Waals surface area contributed by atoms with Gasteiger partial charge in [0.05, 0.1) is 19.1 Å². The van der Waals surface area contributed by atoms with Crippen LogP contribution < -0.4 is 0 Å². The molecule has 0 spiro atoms. The van der Waals surface area contributed by atoms with Gasteiger partial charge in [-0.1, -0.05) is 36.0 Å². The van der Waals surface area contributed by atoms with Crippen LogP contribution in [0.3, 0.4) is 0 Å². The first-order valence-electron chi connectivity index (χ1n) is 7.73. The summed E-state index contributed by atoms with van der Waals surface area (Å²) in [6.07, 6.45) is 3.20. The van der Waals surface area contributed by atoms with E-state index in [1.165, 1.54) is 7.11 Å². The molecule has 2 aliphatic rings. The first kappa shape index (κ1) is 16.6. The maximum Gasteiger partial charge on any atom is 0.315 e. The average Bonchev–Trinajstić information content (AvgIpc) is 2.75. The third kappa shape index (κ3) is 2.43. The Morgan fingerprint density at radius 2 is 1.91 bits per heavy atom. The van der Waals surface area contributed by atoms with Crippen LogP contribution >= 0.6 is 23.2 Å². The molecule has 3 rings (SSSR count). The van der Waals surface area contributed by atoms with E-state index in [1.807, 2.05) is 0 Å². The van der Waals surface area contributed by atoms with Crippen molar-refractivity contribution in [2.75, 3.05) is 14.2 Å². The van der Waals surface area contributed by atoms with E-state index in [4.69, 9.17) is 27.9 Å². The van der Waals surface area contributed by atoms with E-state index < -0.39 is 11.5 Å². The van der Waals surface area contributed by atoms with Crippen molar-refractivity contribution < 1.29 is 14.3 Å². The van der Waals surface area contributed by atoms with Crippen molar-refractivity contribution in [1.29, 1.82) is 0 Å². The molecule has 1 aromatic carbocycles. The Labute approximate surface area is 145 Å². The van der Waals surface area contributed by atoms with Gasteiger partial charge in [0.15, 0.2) is 0 Å². The largest absolute Gasteiger partial charge is 0.469 e. The lowest BCUT2D eigenvalue weighted by Crippen LogP contribution is -2.44. The number of likely N-dealkylation sites (tertiary alicyclic amines) is 1. The molecule has 124 valence electrons. The van der Waals surface area contributed by atoms with Gasteiger partial charge in [-0.15, -0.1) is 0 Å². The van der Waals surface area contributed by atoms with E-state index in [-0.39, 0.29) is 17.8 Å². The first-order chi connectivity index (χ1) is 10.9. The second-order valence-electron chi connectivity index (χ2n) is 6.38. The third-order valence-electron chi connectivity index (χ3n) is 5.24. The van der Waals surface area contributed by atoms with Crippen molar-refractivity contribution in [1.82, 2.24) is 4.90 Å². The van der Waals surface area contributed by atoms with E-state index in [1.54, 1.807) is 30.1 Å². The number of amides is 1. The fourth-order valence-corrected chi connectivity index (χ4v) is 4.93. The highest BCUT2D eigenvalue weighted by molar-refractivity contribution is 6.34. The highest BCUT2D eigenvalue weighted by Crippen LogP contribution is 2.58. The highest BCUT2D eigenvalue weighted by atomic mass is 35.5. The molecule has 0 N–H and O–H groups in total. The molecule has 2 fully saturated rings. The summed E-state index contributed by atoms with van der Waals surface area (Å²) in [5, 5.41) is 0.986. The summed E-state index contributed by atoms with van der Waals surface area (Å²) < 4.78 is 5.12. The predicted molar refractivity (Wildman–Crippen MR) is 88.4 cm³/mol. The van der Waals surface area contributed by atoms with Crippen molar-refractivity contribution in [3.63, 3.8) is 0 Å². The van der Waals surface area contributed by atoms with Gasteiger partial charge in [0.25, 0.3) is 0 Å². The van der Waals surface area contributed by atoms with E-state index in [0.717, 1.165) is 18.4 Å². The number of nitrogens with zero attached hydrogens (tertiary/aromatic N) is 1. The van der Waals surface area contributed by atoms with Crippen LogP contribution in [0.1, 0.15) is 37.3 Å². The quantitative estimate of drug-likeness (QED) is 0.756. The van der Waals surface area contributed by atoms with Crippen LogP contribution in [0.4, 0.5) is 0 Å². The Morgan fingerprint density at radius 1 is 1.26 bits per heavy atom. The van der Waals surface area contributed by atoms with E-state index in [9.17, 15) is 9.59 Å². The van der Waals surface area contributed by atoms with Gasteiger partial charge in [-0.05, 0) is 36.6 Å². The van der Waals surface area contributed by atoms with Crippen LogP contribution in [0.2, 0.25) is 10.0 Å². The Hall–Kier alpha value is -1.26. The van der Waals surface area contributed by atoms with Gasteiger partial charge in [0, 0.05) is 17.1 Å². The number of hydrogen-bond donors (Lipinski definition) is 0. The molecule has 1 amide bonds. The van der Waals surface area contributed by atoms with Crippen molar-refractivity contribution in [2.45, 2.75) is 31.7 Å². The molecule has 1 aliphatic carbocycles. The SMILES string of the molecule is COC(=O)[C@]12CCCC[C@H]1C(=O)N(C)[C@@H]2c1cc(Cl)cc(Cl)c1. The van der Waals surface area contributed by atoms with Crippen LogP contribution in [0.5, 0.6) is 0 Å². The average molecular weight is 356 g/mol.